The predicted octanol–water partition coefficient (Wildman–Crippen LogP) is 3.30. The van der Waals surface area contributed by atoms with Gasteiger partial charge >= 0.3 is 0 Å². The summed E-state index contributed by atoms with van der Waals surface area (Å²) < 4.78 is 1.11. The lowest BCUT2D eigenvalue weighted by molar-refractivity contribution is -0.120. The Morgan fingerprint density at radius 2 is 2.40 bits per heavy atom. The highest BCUT2D eigenvalue weighted by Gasteiger charge is 2.27. The summed E-state index contributed by atoms with van der Waals surface area (Å²) in [6.45, 7) is 4.25. The van der Waals surface area contributed by atoms with Gasteiger partial charge in [0.25, 0.3) is 0 Å². The molecule has 0 amide bonds. The summed E-state index contributed by atoms with van der Waals surface area (Å²) in [7, 11) is 0. The quantitative estimate of drug-likeness (QED) is 0.795. The second-order valence-electron chi connectivity index (χ2n) is 4.17. The number of carbonyl (C=O) groups excluding carboxylic acids is 1. The maximum Gasteiger partial charge on any atom is 0.150 e. The van der Waals surface area contributed by atoms with E-state index < -0.39 is 0 Å². The monoisotopic (exact) mass is 241 g/mol. The van der Waals surface area contributed by atoms with Crippen molar-refractivity contribution in [1.82, 2.24) is 4.98 Å². The minimum absolute atomic E-state index is 0.416. The van der Waals surface area contributed by atoms with E-state index in [1.807, 2.05) is 6.92 Å². The molecule has 0 aliphatic heterocycles. The minimum Gasteiger partial charge on any atom is -0.300 e. The zero-order valence-electron chi connectivity index (χ0n) is 9.03. The molecule has 0 spiro atoms. The molecule has 1 saturated carbocycles. The lowest BCUT2D eigenvalue weighted by Crippen LogP contribution is -2.24. The van der Waals surface area contributed by atoms with Crippen molar-refractivity contribution in [2.75, 3.05) is 0 Å². The standard InChI is InChI=1S/C11H15NOS2/c1-7-3-4-9(13)5-10(7)15-11-12-8(2)6-14-11/h6-7,10H,3-5H2,1-2H3. The van der Waals surface area contributed by atoms with Gasteiger partial charge in [0.15, 0.2) is 0 Å². The van der Waals surface area contributed by atoms with Crippen LogP contribution < -0.4 is 0 Å². The predicted molar refractivity (Wildman–Crippen MR) is 64.5 cm³/mol. The first-order chi connectivity index (χ1) is 7.15. The fraction of sp³-hybridized carbons (Fsp3) is 0.636. The Balaban J connectivity index is 2.01. The summed E-state index contributed by atoms with van der Waals surface area (Å²) in [5, 5.41) is 2.51. The van der Waals surface area contributed by atoms with Crippen LogP contribution in [0.25, 0.3) is 0 Å². The van der Waals surface area contributed by atoms with Crippen LogP contribution in [0.15, 0.2) is 9.72 Å². The third kappa shape index (κ3) is 2.82. The Morgan fingerprint density at radius 3 is 3.07 bits per heavy atom. The van der Waals surface area contributed by atoms with E-state index in [4.69, 9.17) is 0 Å². The molecule has 4 heteroatoms. The molecule has 1 heterocycles. The number of aromatic nitrogens is 1. The molecule has 0 saturated heterocycles. The highest BCUT2D eigenvalue weighted by Crippen LogP contribution is 2.37. The Labute approximate surface area is 98.5 Å². The maximum atomic E-state index is 11.4. The van der Waals surface area contributed by atoms with Gasteiger partial charge in [-0.25, -0.2) is 4.98 Å². The molecular weight excluding hydrogens is 226 g/mol. The lowest BCUT2D eigenvalue weighted by Gasteiger charge is -2.26. The number of thioether (sulfide) groups is 1. The Bertz CT molecular complexity index is 361. The first kappa shape index (κ1) is 11.1. The van der Waals surface area contributed by atoms with Crippen LogP contribution >= 0.6 is 23.1 Å². The molecule has 1 fully saturated rings. The van der Waals surface area contributed by atoms with E-state index in [-0.39, 0.29) is 0 Å². The van der Waals surface area contributed by atoms with Gasteiger partial charge in [-0.2, -0.15) is 0 Å². The summed E-state index contributed by atoms with van der Waals surface area (Å²) in [6, 6.07) is 0. The number of aryl methyl sites for hydroxylation is 1. The van der Waals surface area contributed by atoms with Crippen LogP contribution in [0.5, 0.6) is 0 Å². The number of thiazole rings is 1. The normalized spacial score (nSPS) is 26.9. The first-order valence-electron chi connectivity index (χ1n) is 5.25. The van der Waals surface area contributed by atoms with E-state index >= 15 is 0 Å². The lowest BCUT2D eigenvalue weighted by atomic mass is 9.89. The largest absolute Gasteiger partial charge is 0.300 e. The molecule has 0 aromatic carbocycles. The van der Waals surface area contributed by atoms with Crippen LogP contribution in [0, 0.1) is 12.8 Å². The van der Waals surface area contributed by atoms with Crippen molar-refractivity contribution < 1.29 is 4.79 Å². The van der Waals surface area contributed by atoms with Crippen molar-refractivity contribution in [3.63, 3.8) is 0 Å². The molecule has 1 aliphatic carbocycles. The van der Waals surface area contributed by atoms with Gasteiger partial charge in [0.2, 0.25) is 0 Å². The van der Waals surface area contributed by atoms with Gasteiger partial charge < -0.3 is 0 Å². The van der Waals surface area contributed by atoms with Gasteiger partial charge in [-0.1, -0.05) is 18.7 Å². The van der Waals surface area contributed by atoms with Crippen LogP contribution in [0.3, 0.4) is 0 Å². The molecule has 0 radical (unpaired) electrons. The summed E-state index contributed by atoms with van der Waals surface area (Å²) in [6.07, 6.45) is 2.54. The Hall–Kier alpha value is -0.350. The van der Waals surface area contributed by atoms with Gasteiger partial charge in [0, 0.05) is 29.2 Å². The smallest absolute Gasteiger partial charge is 0.150 e. The maximum absolute atomic E-state index is 11.4. The number of rotatable bonds is 2. The van der Waals surface area contributed by atoms with E-state index in [9.17, 15) is 4.79 Å². The summed E-state index contributed by atoms with van der Waals surface area (Å²) in [4.78, 5) is 15.8. The van der Waals surface area contributed by atoms with Gasteiger partial charge in [-0.3, -0.25) is 4.79 Å². The molecule has 2 rings (SSSR count). The van der Waals surface area contributed by atoms with Crippen molar-refractivity contribution in [2.45, 2.75) is 42.7 Å². The SMILES string of the molecule is Cc1csc(SC2CC(=O)CCC2C)n1. The van der Waals surface area contributed by atoms with Gasteiger partial charge in [0.1, 0.15) is 10.1 Å². The van der Waals surface area contributed by atoms with Crippen molar-refractivity contribution in [3.8, 4) is 0 Å². The highest BCUT2D eigenvalue weighted by atomic mass is 32.2. The third-order valence-electron chi connectivity index (χ3n) is 2.79. The summed E-state index contributed by atoms with van der Waals surface area (Å²) in [5.74, 6) is 1.05. The number of ketones is 1. The molecule has 2 nitrogen and oxygen atoms in total. The van der Waals surface area contributed by atoms with E-state index in [1.54, 1.807) is 23.1 Å². The highest BCUT2D eigenvalue weighted by molar-refractivity contribution is 8.01. The van der Waals surface area contributed by atoms with E-state index in [0.717, 1.165) is 29.3 Å². The number of carbonyl (C=O) groups is 1. The average molecular weight is 241 g/mol. The van der Waals surface area contributed by atoms with Crippen LogP contribution in [0.2, 0.25) is 0 Å². The summed E-state index contributed by atoms with van der Waals surface area (Å²) >= 11 is 3.47. The average Bonchev–Trinajstić information content (AvgIpc) is 2.58. The van der Waals surface area contributed by atoms with E-state index in [1.165, 1.54) is 0 Å². The van der Waals surface area contributed by atoms with Crippen LogP contribution in [0.4, 0.5) is 0 Å². The number of hydrogen-bond acceptors (Lipinski definition) is 4. The summed E-state index contributed by atoms with van der Waals surface area (Å²) in [5.41, 5.74) is 1.08. The van der Waals surface area contributed by atoms with Crippen LogP contribution in [0.1, 0.15) is 31.9 Å². The van der Waals surface area contributed by atoms with Crippen molar-refractivity contribution >= 4 is 28.9 Å². The first-order valence-corrected chi connectivity index (χ1v) is 7.01. The molecule has 2 atom stereocenters. The molecule has 1 aromatic heterocycles. The topological polar surface area (TPSA) is 30.0 Å². The number of hydrogen-bond donors (Lipinski definition) is 0. The molecule has 0 bridgehead atoms. The molecule has 0 N–H and O–H groups in total. The molecule has 82 valence electrons. The Kier molecular flexibility index (Phi) is 3.46. The van der Waals surface area contributed by atoms with Crippen LogP contribution in [-0.4, -0.2) is 16.0 Å². The van der Waals surface area contributed by atoms with E-state index in [0.29, 0.717) is 17.0 Å². The Morgan fingerprint density at radius 1 is 1.60 bits per heavy atom. The van der Waals surface area contributed by atoms with Gasteiger partial charge in [0.05, 0.1) is 0 Å². The zero-order valence-corrected chi connectivity index (χ0v) is 10.7. The zero-order chi connectivity index (χ0) is 10.8. The second kappa shape index (κ2) is 4.66. The number of Topliss-reactive ketones (excluding diaryl/α,β-unsaturated/α-hetero) is 1. The minimum atomic E-state index is 0.416. The number of nitrogens with zero attached hydrogens (tertiary/aromatic N) is 1. The van der Waals surface area contributed by atoms with Crippen LogP contribution in [-0.2, 0) is 4.79 Å². The third-order valence-corrected chi connectivity index (χ3v) is 5.35. The van der Waals surface area contributed by atoms with Crippen molar-refractivity contribution in [3.05, 3.63) is 11.1 Å². The fourth-order valence-electron chi connectivity index (χ4n) is 1.78. The fourth-order valence-corrected chi connectivity index (χ4v) is 4.13. The van der Waals surface area contributed by atoms with Crippen molar-refractivity contribution in [2.24, 2.45) is 5.92 Å². The molecular formula is C11H15NOS2. The molecule has 15 heavy (non-hydrogen) atoms. The molecule has 1 aliphatic rings. The van der Waals surface area contributed by atoms with Gasteiger partial charge in [-0.05, 0) is 19.3 Å². The van der Waals surface area contributed by atoms with E-state index in [2.05, 4.69) is 17.3 Å². The van der Waals surface area contributed by atoms with Gasteiger partial charge in [-0.15, -0.1) is 11.3 Å². The second-order valence-corrected chi connectivity index (χ2v) is 6.51. The molecule has 1 aromatic rings. The molecule has 2 unspecified atom stereocenters. The van der Waals surface area contributed by atoms with Crippen molar-refractivity contribution in [1.29, 1.82) is 0 Å².